The van der Waals surface area contributed by atoms with Crippen molar-refractivity contribution in [2.45, 2.75) is 19.4 Å². The molecule has 1 rings (SSSR count). The molecule has 0 spiro atoms. The number of hydrogen-bond acceptors (Lipinski definition) is 2. The predicted octanol–water partition coefficient (Wildman–Crippen LogP) is 2.95. The summed E-state index contributed by atoms with van der Waals surface area (Å²) in [4.78, 5) is 1.04. The number of hydrogen-bond donors (Lipinski definition) is 1. The standard InChI is InChI=1S/C7H9BrOS/c1-2-5(9)6-3-4-7(8)10-6/h3-5,9H,2H2,1H3/t5-/m1/s1. The Kier molecular flexibility index (Phi) is 2.89. The van der Waals surface area contributed by atoms with Gasteiger partial charge in [-0.3, -0.25) is 0 Å². The Morgan fingerprint density at radius 1 is 1.70 bits per heavy atom. The fraction of sp³-hybridized carbons (Fsp3) is 0.429. The van der Waals surface area contributed by atoms with Crippen LogP contribution in [0.1, 0.15) is 24.3 Å². The molecule has 1 nitrogen and oxygen atoms in total. The molecule has 1 aromatic heterocycles. The van der Waals surface area contributed by atoms with Crippen molar-refractivity contribution in [1.29, 1.82) is 0 Å². The SMILES string of the molecule is CC[C@@H](O)c1ccc(Br)s1. The summed E-state index contributed by atoms with van der Waals surface area (Å²) < 4.78 is 1.08. The van der Waals surface area contributed by atoms with E-state index in [1.807, 2.05) is 19.1 Å². The predicted molar refractivity (Wildman–Crippen MR) is 47.3 cm³/mol. The highest BCUT2D eigenvalue weighted by molar-refractivity contribution is 9.11. The molecule has 1 N–H and O–H groups in total. The molecule has 0 saturated carbocycles. The lowest BCUT2D eigenvalue weighted by atomic mass is 10.2. The quantitative estimate of drug-likeness (QED) is 0.813. The van der Waals surface area contributed by atoms with Crippen molar-refractivity contribution in [3.05, 3.63) is 20.8 Å². The second kappa shape index (κ2) is 3.51. The Hall–Kier alpha value is 0.140. The van der Waals surface area contributed by atoms with Crippen molar-refractivity contribution in [2.24, 2.45) is 0 Å². The summed E-state index contributed by atoms with van der Waals surface area (Å²) in [6.07, 6.45) is 0.503. The van der Waals surface area contributed by atoms with Gasteiger partial charge in [0.25, 0.3) is 0 Å². The van der Waals surface area contributed by atoms with Crippen molar-refractivity contribution in [2.75, 3.05) is 0 Å². The third-order valence-corrected chi connectivity index (χ3v) is 3.03. The fourth-order valence-corrected chi connectivity index (χ4v) is 2.20. The van der Waals surface area contributed by atoms with E-state index in [1.54, 1.807) is 11.3 Å². The first kappa shape index (κ1) is 8.24. The lowest BCUT2D eigenvalue weighted by Gasteiger charge is -2.01. The molecule has 0 bridgehead atoms. The number of halogens is 1. The molecule has 0 amide bonds. The zero-order chi connectivity index (χ0) is 7.56. The maximum absolute atomic E-state index is 9.33. The van der Waals surface area contributed by atoms with Gasteiger partial charge in [0.05, 0.1) is 9.89 Å². The first-order valence-corrected chi connectivity index (χ1v) is 4.78. The van der Waals surface area contributed by atoms with Gasteiger partial charge in [-0.2, -0.15) is 0 Å². The lowest BCUT2D eigenvalue weighted by Crippen LogP contribution is -1.89. The van der Waals surface area contributed by atoms with E-state index in [4.69, 9.17) is 0 Å². The minimum absolute atomic E-state index is 0.281. The summed E-state index contributed by atoms with van der Waals surface area (Å²) in [5.41, 5.74) is 0. The average Bonchev–Trinajstić information content (AvgIpc) is 2.34. The molecule has 0 radical (unpaired) electrons. The molecule has 0 aromatic carbocycles. The monoisotopic (exact) mass is 220 g/mol. The van der Waals surface area contributed by atoms with Gasteiger partial charge in [0.2, 0.25) is 0 Å². The highest BCUT2D eigenvalue weighted by Crippen LogP contribution is 2.28. The maximum Gasteiger partial charge on any atom is 0.0879 e. The van der Waals surface area contributed by atoms with E-state index in [-0.39, 0.29) is 6.10 Å². The summed E-state index contributed by atoms with van der Waals surface area (Å²) in [7, 11) is 0. The summed E-state index contributed by atoms with van der Waals surface area (Å²) in [6.45, 7) is 1.97. The van der Waals surface area contributed by atoms with E-state index >= 15 is 0 Å². The largest absolute Gasteiger partial charge is 0.388 e. The molecule has 3 heteroatoms. The van der Waals surface area contributed by atoms with Gasteiger partial charge >= 0.3 is 0 Å². The topological polar surface area (TPSA) is 20.2 Å². The van der Waals surface area contributed by atoms with Crippen LogP contribution in [-0.4, -0.2) is 5.11 Å². The van der Waals surface area contributed by atoms with Crippen LogP contribution in [0.25, 0.3) is 0 Å². The normalized spacial score (nSPS) is 13.5. The second-order valence-electron chi connectivity index (χ2n) is 2.07. The third kappa shape index (κ3) is 1.81. The van der Waals surface area contributed by atoms with E-state index in [2.05, 4.69) is 15.9 Å². The summed E-state index contributed by atoms with van der Waals surface area (Å²) in [5.74, 6) is 0. The summed E-state index contributed by atoms with van der Waals surface area (Å²) >= 11 is 4.92. The van der Waals surface area contributed by atoms with Crippen molar-refractivity contribution >= 4 is 27.3 Å². The molecule has 56 valence electrons. The first-order chi connectivity index (χ1) is 4.74. The summed E-state index contributed by atoms with van der Waals surface area (Å²) in [5, 5.41) is 9.33. The molecule has 0 aliphatic carbocycles. The van der Waals surface area contributed by atoms with Gasteiger partial charge in [-0.25, -0.2) is 0 Å². The number of rotatable bonds is 2. The molecule has 10 heavy (non-hydrogen) atoms. The Bertz CT molecular complexity index is 209. The number of thiophene rings is 1. The molecule has 0 aliphatic rings. The Labute approximate surface area is 72.8 Å². The van der Waals surface area contributed by atoms with E-state index in [0.717, 1.165) is 15.1 Å². The molecule has 1 heterocycles. The zero-order valence-electron chi connectivity index (χ0n) is 5.67. The van der Waals surface area contributed by atoms with Crippen LogP contribution in [0, 0.1) is 0 Å². The van der Waals surface area contributed by atoms with Crippen LogP contribution < -0.4 is 0 Å². The second-order valence-corrected chi connectivity index (χ2v) is 4.56. The van der Waals surface area contributed by atoms with Crippen LogP contribution in [0.5, 0.6) is 0 Å². The highest BCUT2D eigenvalue weighted by atomic mass is 79.9. The number of aliphatic hydroxyl groups is 1. The van der Waals surface area contributed by atoms with Crippen molar-refractivity contribution in [3.8, 4) is 0 Å². The van der Waals surface area contributed by atoms with Crippen molar-refractivity contribution in [1.82, 2.24) is 0 Å². The molecule has 1 atom stereocenters. The van der Waals surface area contributed by atoms with Crippen molar-refractivity contribution < 1.29 is 5.11 Å². The highest BCUT2D eigenvalue weighted by Gasteiger charge is 2.05. The van der Waals surface area contributed by atoms with E-state index in [0.29, 0.717) is 0 Å². The van der Waals surface area contributed by atoms with Gasteiger partial charge in [-0.05, 0) is 34.5 Å². The van der Waals surface area contributed by atoms with Gasteiger partial charge in [0.15, 0.2) is 0 Å². The van der Waals surface area contributed by atoms with Crippen LogP contribution in [-0.2, 0) is 0 Å². The van der Waals surface area contributed by atoms with Gasteiger partial charge in [0.1, 0.15) is 0 Å². The molecule has 0 saturated heterocycles. The Balaban J connectivity index is 2.74. The number of aliphatic hydroxyl groups excluding tert-OH is 1. The van der Waals surface area contributed by atoms with Crippen LogP contribution >= 0.6 is 27.3 Å². The Morgan fingerprint density at radius 3 is 2.80 bits per heavy atom. The molecular formula is C7H9BrOS. The maximum atomic E-state index is 9.33. The van der Waals surface area contributed by atoms with Gasteiger partial charge in [-0.15, -0.1) is 11.3 Å². The molecule has 0 unspecified atom stereocenters. The third-order valence-electron chi connectivity index (χ3n) is 1.31. The molecular weight excluding hydrogens is 212 g/mol. The average molecular weight is 221 g/mol. The molecule has 1 aromatic rings. The van der Waals surface area contributed by atoms with Gasteiger partial charge in [-0.1, -0.05) is 6.92 Å². The van der Waals surface area contributed by atoms with Gasteiger partial charge < -0.3 is 5.11 Å². The minimum atomic E-state index is -0.281. The lowest BCUT2D eigenvalue weighted by molar-refractivity contribution is 0.177. The molecule has 0 aliphatic heterocycles. The smallest absolute Gasteiger partial charge is 0.0879 e. The van der Waals surface area contributed by atoms with Crippen molar-refractivity contribution in [3.63, 3.8) is 0 Å². The van der Waals surface area contributed by atoms with E-state index in [9.17, 15) is 5.11 Å². The minimum Gasteiger partial charge on any atom is -0.388 e. The van der Waals surface area contributed by atoms with Crippen LogP contribution in [0.2, 0.25) is 0 Å². The van der Waals surface area contributed by atoms with E-state index in [1.165, 1.54) is 0 Å². The molecule has 0 fully saturated rings. The summed E-state index contributed by atoms with van der Waals surface area (Å²) in [6, 6.07) is 3.90. The van der Waals surface area contributed by atoms with Gasteiger partial charge in [0, 0.05) is 4.88 Å². The first-order valence-electron chi connectivity index (χ1n) is 3.17. The Morgan fingerprint density at radius 2 is 2.40 bits per heavy atom. The van der Waals surface area contributed by atoms with Crippen LogP contribution in [0.3, 0.4) is 0 Å². The zero-order valence-corrected chi connectivity index (χ0v) is 8.08. The van der Waals surface area contributed by atoms with Crippen LogP contribution in [0.4, 0.5) is 0 Å². The van der Waals surface area contributed by atoms with E-state index < -0.39 is 0 Å². The van der Waals surface area contributed by atoms with Crippen LogP contribution in [0.15, 0.2) is 15.9 Å². The fourth-order valence-electron chi connectivity index (χ4n) is 0.709.